The third-order valence-corrected chi connectivity index (χ3v) is 3.13. The van der Waals surface area contributed by atoms with Gasteiger partial charge >= 0.3 is 17.6 Å². The molecule has 0 aliphatic carbocycles. The Kier molecular flexibility index (Phi) is 3.85. The lowest BCUT2D eigenvalue weighted by atomic mass is 10.5. The fourth-order valence-corrected chi connectivity index (χ4v) is 1.66. The lowest BCUT2D eigenvalue weighted by molar-refractivity contribution is -0.241. The van der Waals surface area contributed by atoms with Gasteiger partial charge in [0.15, 0.2) is 0 Å². The molecule has 0 amide bonds. The summed E-state index contributed by atoms with van der Waals surface area (Å²) < 4.78 is 114. The van der Waals surface area contributed by atoms with Crippen LogP contribution in [0.3, 0.4) is 0 Å². The van der Waals surface area contributed by atoms with E-state index in [0.29, 0.717) is 0 Å². The predicted octanol–water partition coefficient (Wildman–Crippen LogP) is 2.51. The van der Waals surface area contributed by atoms with Crippen molar-refractivity contribution in [1.82, 2.24) is 0 Å². The molecule has 0 saturated carbocycles. The van der Waals surface area contributed by atoms with Crippen molar-refractivity contribution in [2.75, 3.05) is 5.75 Å². The highest BCUT2D eigenvalue weighted by molar-refractivity contribution is 7.92. The van der Waals surface area contributed by atoms with E-state index in [1.54, 1.807) is 0 Å². The molecule has 0 aliphatic rings. The van der Waals surface area contributed by atoms with E-state index in [2.05, 4.69) is 0 Å². The summed E-state index contributed by atoms with van der Waals surface area (Å²) in [5.41, 5.74) is 0. The van der Waals surface area contributed by atoms with Crippen LogP contribution in [0.4, 0.5) is 35.1 Å². The maximum atomic E-state index is 12.2. The molecule has 0 rings (SSSR count). The molecule has 16 heavy (non-hydrogen) atoms. The van der Waals surface area contributed by atoms with Crippen molar-refractivity contribution < 1.29 is 43.5 Å². The summed E-state index contributed by atoms with van der Waals surface area (Å²) in [6, 6.07) is 0. The molecule has 2 nitrogen and oxygen atoms in total. The Bertz CT molecular complexity index is 336. The smallest absolute Gasteiger partial charge is 0.222 e. The van der Waals surface area contributed by atoms with Gasteiger partial charge in [0.05, 0.1) is 12.2 Å². The van der Waals surface area contributed by atoms with Crippen LogP contribution in [0.5, 0.6) is 0 Å². The highest BCUT2D eigenvalue weighted by Crippen LogP contribution is 2.41. The first-order chi connectivity index (χ1) is 6.71. The summed E-state index contributed by atoms with van der Waals surface area (Å²) >= 11 is 0. The second-order valence-corrected chi connectivity index (χ2v) is 4.85. The first kappa shape index (κ1) is 15.4. The highest BCUT2D eigenvalue weighted by Gasteiger charge is 2.66. The zero-order chi connectivity index (χ0) is 13.4. The van der Waals surface area contributed by atoms with Crippen LogP contribution in [-0.4, -0.2) is 31.8 Å². The SMILES string of the molecule is O=S(=O)(CCC(F)(F)F)C(F)(F)C(F)(F)F. The third kappa shape index (κ3) is 3.46. The van der Waals surface area contributed by atoms with Gasteiger partial charge < -0.3 is 0 Å². The van der Waals surface area contributed by atoms with E-state index in [0.717, 1.165) is 0 Å². The van der Waals surface area contributed by atoms with Crippen molar-refractivity contribution in [3.8, 4) is 0 Å². The molecule has 0 spiro atoms. The van der Waals surface area contributed by atoms with Crippen LogP contribution in [-0.2, 0) is 9.84 Å². The van der Waals surface area contributed by atoms with E-state index in [1.807, 2.05) is 0 Å². The Balaban J connectivity index is 4.96. The lowest BCUT2D eigenvalue weighted by Gasteiger charge is -2.19. The highest BCUT2D eigenvalue weighted by atomic mass is 32.2. The molecule has 0 aliphatic heterocycles. The van der Waals surface area contributed by atoms with Crippen LogP contribution < -0.4 is 0 Å². The van der Waals surface area contributed by atoms with E-state index in [4.69, 9.17) is 0 Å². The van der Waals surface area contributed by atoms with E-state index in [9.17, 15) is 43.5 Å². The topological polar surface area (TPSA) is 34.1 Å². The molecule has 0 atom stereocenters. The maximum Gasteiger partial charge on any atom is 0.469 e. The zero-order valence-electron chi connectivity index (χ0n) is 7.16. The summed E-state index contributed by atoms with van der Waals surface area (Å²) in [4.78, 5) is 0. The van der Waals surface area contributed by atoms with Crippen molar-refractivity contribution in [2.24, 2.45) is 0 Å². The van der Waals surface area contributed by atoms with Crippen molar-refractivity contribution in [3.63, 3.8) is 0 Å². The van der Waals surface area contributed by atoms with Gasteiger partial charge in [-0.15, -0.1) is 0 Å². The Labute approximate surface area is 84.1 Å². The molecule has 0 saturated heterocycles. The van der Waals surface area contributed by atoms with Gasteiger partial charge in [-0.2, -0.15) is 35.1 Å². The van der Waals surface area contributed by atoms with Gasteiger partial charge in [-0.25, -0.2) is 8.42 Å². The Hall–Kier alpha value is -0.610. The van der Waals surface area contributed by atoms with Gasteiger partial charge in [0.1, 0.15) is 0 Å². The average Bonchev–Trinajstić information content (AvgIpc) is 1.97. The van der Waals surface area contributed by atoms with Crippen LogP contribution in [0.15, 0.2) is 0 Å². The second-order valence-electron chi connectivity index (χ2n) is 2.70. The lowest BCUT2D eigenvalue weighted by Crippen LogP contribution is -2.45. The fourth-order valence-electron chi connectivity index (χ4n) is 0.555. The standard InChI is InChI=1S/C5H4F8O2S/c6-3(7,8)1-2-16(14,15)5(12,13)4(9,10)11/h1-2H2. The van der Waals surface area contributed by atoms with Crippen LogP contribution in [0.25, 0.3) is 0 Å². The second kappa shape index (κ2) is 4.00. The average molecular weight is 280 g/mol. The summed E-state index contributed by atoms with van der Waals surface area (Å²) in [6.07, 6.45) is -13.8. The van der Waals surface area contributed by atoms with Gasteiger partial charge in [0.25, 0.3) is 0 Å². The van der Waals surface area contributed by atoms with Crippen LogP contribution >= 0.6 is 0 Å². The summed E-state index contributed by atoms with van der Waals surface area (Å²) in [5, 5.41) is -6.18. The van der Waals surface area contributed by atoms with Gasteiger partial charge in [0, 0.05) is 0 Å². The largest absolute Gasteiger partial charge is 0.469 e. The van der Waals surface area contributed by atoms with Crippen molar-refractivity contribution >= 4 is 9.84 Å². The first-order valence-corrected chi connectivity index (χ1v) is 5.09. The van der Waals surface area contributed by atoms with Crippen molar-refractivity contribution in [1.29, 1.82) is 0 Å². The monoisotopic (exact) mass is 280 g/mol. The molecule has 0 bridgehead atoms. The van der Waals surface area contributed by atoms with Gasteiger partial charge in [-0.05, 0) is 0 Å². The number of hydrogen-bond donors (Lipinski definition) is 0. The summed E-state index contributed by atoms with van der Waals surface area (Å²) in [6.45, 7) is 0. The molecule has 0 N–H and O–H groups in total. The normalized spacial score (nSPS) is 15.2. The Morgan fingerprint density at radius 2 is 1.19 bits per heavy atom. The quantitative estimate of drug-likeness (QED) is 0.744. The van der Waals surface area contributed by atoms with E-state index >= 15 is 0 Å². The molecule has 0 aromatic heterocycles. The fraction of sp³-hybridized carbons (Fsp3) is 1.00. The van der Waals surface area contributed by atoms with Crippen molar-refractivity contribution in [3.05, 3.63) is 0 Å². The van der Waals surface area contributed by atoms with E-state index < -0.39 is 39.6 Å². The van der Waals surface area contributed by atoms with Crippen molar-refractivity contribution in [2.45, 2.75) is 24.0 Å². The molecule has 0 fully saturated rings. The number of sulfone groups is 1. The molecule has 11 heteroatoms. The maximum absolute atomic E-state index is 12.2. The summed E-state index contributed by atoms with van der Waals surface area (Å²) in [5.74, 6) is -2.32. The van der Waals surface area contributed by atoms with Gasteiger partial charge in [0.2, 0.25) is 9.84 Å². The minimum atomic E-state index is -6.43. The zero-order valence-corrected chi connectivity index (χ0v) is 7.98. The molecule has 98 valence electrons. The number of halogens is 8. The molecule has 0 aromatic rings. The molecule has 0 unspecified atom stereocenters. The first-order valence-electron chi connectivity index (χ1n) is 3.44. The molecule has 0 heterocycles. The minimum Gasteiger partial charge on any atom is -0.222 e. The number of alkyl halides is 8. The third-order valence-electron chi connectivity index (χ3n) is 1.37. The minimum absolute atomic E-state index is 2.26. The van der Waals surface area contributed by atoms with Gasteiger partial charge in [-0.1, -0.05) is 0 Å². The Morgan fingerprint density at radius 3 is 1.44 bits per heavy atom. The van der Waals surface area contributed by atoms with E-state index in [1.165, 1.54) is 0 Å². The molecule has 0 radical (unpaired) electrons. The summed E-state index contributed by atoms with van der Waals surface area (Å²) in [7, 11) is -6.23. The van der Waals surface area contributed by atoms with Crippen LogP contribution in [0, 0.1) is 0 Å². The molecule has 0 aromatic carbocycles. The molecular weight excluding hydrogens is 276 g/mol. The van der Waals surface area contributed by atoms with E-state index in [-0.39, 0.29) is 0 Å². The predicted molar refractivity (Wildman–Crippen MR) is 35.5 cm³/mol. The van der Waals surface area contributed by atoms with Gasteiger partial charge in [-0.3, -0.25) is 0 Å². The van der Waals surface area contributed by atoms with Crippen LogP contribution in [0.1, 0.15) is 6.42 Å². The van der Waals surface area contributed by atoms with Crippen LogP contribution in [0.2, 0.25) is 0 Å². The molecular formula is C5H4F8O2S. The Morgan fingerprint density at radius 1 is 0.812 bits per heavy atom. The number of hydrogen-bond acceptors (Lipinski definition) is 2. The number of rotatable bonds is 3.